The number of hydrogen-bond acceptors (Lipinski definition) is 9. The van der Waals surface area contributed by atoms with Gasteiger partial charge < -0.3 is 5.43 Å². The summed E-state index contributed by atoms with van der Waals surface area (Å²) in [4.78, 5) is 10.6. The number of ketones is 1. The number of nitrogens with one attached hydrogen (secondary N) is 2. The van der Waals surface area contributed by atoms with E-state index in [-0.39, 0.29) is 27.1 Å². The second kappa shape index (κ2) is 8.49. The molecule has 1 aliphatic rings. The van der Waals surface area contributed by atoms with Gasteiger partial charge in [0.15, 0.2) is 5.78 Å². The van der Waals surface area contributed by atoms with Crippen LogP contribution in [0.5, 0.6) is 0 Å². The maximum atomic E-state index is 12.6. The van der Waals surface area contributed by atoms with Gasteiger partial charge >= 0.3 is 0 Å². The number of carbonyl (C=O) groups is 1. The van der Waals surface area contributed by atoms with Crippen LogP contribution in [0.1, 0.15) is 17.2 Å². The molecule has 35 heavy (non-hydrogen) atoms. The highest BCUT2D eigenvalue weighted by Crippen LogP contribution is 2.35. The lowest BCUT2D eigenvalue weighted by Crippen LogP contribution is -2.35. The SMILES string of the molecule is O=C1C=Cc2cc(S(=O)(=O)O)cc(S(=O)(=O)O)c2C1NNc1ccc(S(=O)(=O)O)c2ccccc12. The zero-order valence-electron chi connectivity index (χ0n) is 17.3. The smallest absolute Gasteiger partial charge is 0.295 e. The highest BCUT2D eigenvalue weighted by Gasteiger charge is 2.33. The highest BCUT2D eigenvalue weighted by molar-refractivity contribution is 7.86. The van der Waals surface area contributed by atoms with Gasteiger partial charge in [0, 0.05) is 16.3 Å². The van der Waals surface area contributed by atoms with E-state index in [4.69, 9.17) is 0 Å². The number of benzene rings is 3. The zero-order chi connectivity index (χ0) is 25.8. The molecule has 184 valence electrons. The second-order valence-corrected chi connectivity index (χ2v) is 11.6. The number of rotatable bonds is 6. The molecule has 0 radical (unpaired) electrons. The number of anilines is 1. The lowest BCUT2D eigenvalue weighted by Gasteiger charge is -2.25. The van der Waals surface area contributed by atoms with Gasteiger partial charge in [0.25, 0.3) is 30.4 Å². The van der Waals surface area contributed by atoms with Crippen LogP contribution in [-0.2, 0) is 35.1 Å². The maximum Gasteiger partial charge on any atom is 0.295 e. The molecule has 0 heterocycles. The molecule has 1 aliphatic carbocycles. The van der Waals surface area contributed by atoms with Crippen LogP contribution in [-0.4, -0.2) is 44.7 Å². The van der Waals surface area contributed by atoms with Crippen LogP contribution in [0, 0.1) is 0 Å². The molecule has 4 rings (SSSR count). The van der Waals surface area contributed by atoms with Crippen molar-refractivity contribution in [1.29, 1.82) is 0 Å². The van der Waals surface area contributed by atoms with Crippen molar-refractivity contribution in [3.05, 3.63) is 65.7 Å². The molecule has 12 nitrogen and oxygen atoms in total. The van der Waals surface area contributed by atoms with E-state index in [1.165, 1.54) is 18.2 Å². The Balaban J connectivity index is 1.82. The van der Waals surface area contributed by atoms with Crippen molar-refractivity contribution in [2.45, 2.75) is 20.7 Å². The summed E-state index contributed by atoms with van der Waals surface area (Å²) in [6.07, 6.45) is 2.18. The first kappa shape index (κ1) is 24.9. The Morgan fingerprint density at radius 3 is 1.94 bits per heavy atom. The monoisotopic (exact) mass is 540 g/mol. The van der Waals surface area contributed by atoms with E-state index in [9.17, 15) is 43.7 Å². The third kappa shape index (κ3) is 4.83. The van der Waals surface area contributed by atoms with Gasteiger partial charge in [0.1, 0.15) is 15.8 Å². The van der Waals surface area contributed by atoms with Crippen LogP contribution in [0.15, 0.2) is 69.3 Å². The Bertz CT molecular complexity index is 1750. The van der Waals surface area contributed by atoms with Gasteiger partial charge in [-0.3, -0.25) is 18.5 Å². The summed E-state index contributed by atoms with van der Waals surface area (Å²) < 4.78 is 99.2. The lowest BCUT2D eigenvalue weighted by molar-refractivity contribution is -0.116. The van der Waals surface area contributed by atoms with E-state index in [1.54, 1.807) is 12.1 Å². The molecule has 0 saturated carbocycles. The van der Waals surface area contributed by atoms with Gasteiger partial charge in [-0.1, -0.05) is 30.3 Å². The van der Waals surface area contributed by atoms with Crippen molar-refractivity contribution in [2.75, 3.05) is 5.43 Å². The fraction of sp³-hybridized carbons (Fsp3) is 0.0500. The van der Waals surface area contributed by atoms with Gasteiger partial charge in [-0.25, -0.2) is 5.43 Å². The fourth-order valence-electron chi connectivity index (χ4n) is 3.74. The summed E-state index contributed by atoms with van der Waals surface area (Å²) in [6.45, 7) is 0. The fourth-order valence-corrected chi connectivity index (χ4v) is 5.84. The largest absolute Gasteiger partial charge is 0.320 e. The predicted octanol–water partition coefficient (Wildman–Crippen LogP) is 1.83. The molecule has 0 aromatic heterocycles. The van der Waals surface area contributed by atoms with Crippen molar-refractivity contribution >= 4 is 58.7 Å². The Morgan fingerprint density at radius 1 is 0.714 bits per heavy atom. The molecule has 0 fully saturated rings. The minimum atomic E-state index is -5.05. The van der Waals surface area contributed by atoms with Gasteiger partial charge in [-0.2, -0.15) is 25.3 Å². The Morgan fingerprint density at radius 2 is 1.34 bits per heavy atom. The molecule has 0 aliphatic heterocycles. The summed E-state index contributed by atoms with van der Waals surface area (Å²) in [5.74, 6) is -0.659. The van der Waals surface area contributed by atoms with Gasteiger partial charge in [0.2, 0.25) is 0 Å². The van der Waals surface area contributed by atoms with E-state index >= 15 is 0 Å². The molecule has 1 unspecified atom stereocenters. The van der Waals surface area contributed by atoms with Crippen LogP contribution in [0.4, 0.5) is 5.69 Å². The van der Waals surface area contributed by atoms with Gasteiger partial charge in [-0.15, -0.1) is 0 Å². The van der Waals surface area contributed by atoms with Crippen molar-refractivity contribution in [2.24, 2.45) is 0 Å². The lowest BCUT2D eigenvalue weighted by atomic mass is 9.92. The second-order valence-electron chi connectivity index (χ2n) is 7.44. The summed E-state index contributed by atoms with van der Waals surface area (Å²) >= 11 is 0. The van der Waals surface area contributed by atoms with Crippen molar-refractivity contribution in [3.8, 4) is 0 Å². The van der Waals surface area contributed by atoms with Gasteiger partial charge in [0.05, 0.1) is 10.6 Å². The standard InChI is InChI=1S/C20H16N2O10S3/c23-16-7-5-11-9-12(33(24,25)26)10-18(35(30,31)32)19(11)20(16)22-21-15-6-8-17(34(27,28)29)14-4-2-1-3-13(14)15/h1-10,20-22H,(H,24,25,26)(H,27,28,29)(H,30,31,32). The number of hydrogen-bond donors (Lipinski definition) is 5. The highest BCUT2D eigenvalue weighted by atomic mass is 32.2. The van der Waals surface area contributed by atoms with Gasteiger partial charge in [-0.05, 0) is 35.9 Å². The molecular weight excluding hydrogens is 524 g/mol. The topological polar surface area (TPSA) is 204 Å². The molecule has 0 bridgehead atoms. The normalized spacial score (nSPS) is 16.3. The average Bonchev–Trinajstić information content (AvgIpc) is 2.75. The molecular formula is C20H16N2O10S3. The third-order valence-electron chi connectivity index (χ3n) is 5.24. The molecule has 3 aromatic carbocycles. The minimum Gasteiger partial charge on any atom is -0.320 e. The van der Waals surface area contributed by atoms with Crippen LogP contribution < -0.4 is 10.9 Å². The number of carbonyl (C=O) groups excluding carboxylic acids is 1. The van der Waals surface area contributed by atoms with E-state index in [2.05, 4.69) is 10.9 Å². The van der Waals surface area contributed by atoms with E-state index in [1.807, 2.05) is 0 Å². The van der Waals surface area contributed by atoms with Crippen LogP contribution >= 0.6 is 0 Å². The Kier molecular flexibility index (Phi) is 6.05. The van der Waals surface area contributed by atoms with Crippen LogP contribution in [0.3, 0.4) is 0 Å². The number of fused-ring (bicyclic) bond motifs is 2. The summed E-state index contributed by atoms with van der Waals surface area (Å²) in [7, 11) is -14.4. The van der Waals surface area contributed by atoms with Crippen molar-refractivity contribution in [3.63, 3.8) is 0 Å². The molecule has 1 atom stereocenters. The van der Waals surface area contributed by atoms with E-state index < -0.39 is 52.0 Å². The summed E-state index contributed by atoms with van der Waals surface area (Å²) in [5.41, 5.74) is 5.22. The first-order valence-corrected chi connectivity index (χ1v) is 13.9. The number of hydrazine groups is 1. The minimum absolute atomic E-state index is 0.0711. The summed E-state index contributed by atoms with van der Waals surface area (Å²) in [5, 5.41) is 0.486. The van der Waals surface area contributed by atoms with Crippen LogP contribution in [0.25, 0.3) is 16.8 Å². The maximum absolute atomic E-state index is 12.6. The third-order valence-corrected chi connectivity index (χ3v) is 7.87. The first-order valence-electron chi connectivity index (χ1n) is 9.53. The molecule has 5 N–H and O–H groups in total. The zero-order valence-corrected chi connectivity index (χ0v) is 19.7. The van der Waals surface area contributed by atoms with E-state index in [0.717, 1.165) is 24.3 Å². The molecule has 0 saturated heterocycles. The van der Waals surface area contributed by atoms with Crippen molar-refractivity contribution < 1.29 is 43.7 Å². The van der Waals surface area contributed by atoms with E-state index in [0.29, 0.717) is 11.5 Å². The molecule has 0 amide bonds. The van der Waals surface area contributed by atoms with Crippen molar-refractivity contribution in [1.82, 2.24) is 5.43 Å². The molecule has 15 heteroatoms. The first-order chi connectivity index (χ1) is 16.2. The molecule has 3 aromatic rings. The van der Waals surface area contributed by atoms with Crippen LogP contribution in [0.2, 0.25) is 0 Å². The predicted molar refractivity (Wildman–Crippen MR) is 123 cm³/mol. The Hall–Kier alpha value is -3.18. The summed E-state index contributed by atoms with van der Waals surface area (Å²) in [6, 6.07) is 8.57. The quantitative estimate of drug-likeness (QED) is 0.224. The Labute approximate surface area is 199 Å². The average molecular weight is 541 g/mol. The molecule has 0 spiro atoms.